The maximum absolute atomic E-state index is 11.8. The molecule has 1 rings (SSSR count). The number of aromatic hydroxyl groups is 1. The van der Waals surface area contributed by atoms with Crippen molar-refractivity contribution < 1.29 is 9.90 Å². The number of phenolic OH excluding ortho intramolecular Hbond substituents is 1. The van der Waals surface area contributed by atoms with E-state index in [2.05, 4.69) is 5.32 Å². The number of anilines is 1. The van der Waals surface area contributed by atoms with Crippen LogP contribution in [-0.2, 0) is 4.79 Å². The number of benzene rings is 1. The molecule has 0 aromatic heterocycles. The first-order valence-electron chi connectivity index (χ1n) is 5.35. The molecule has 0 spiro atoms. The number of rotatable bonds is 4. The van der Waals surface area contributed by atoms with Crippen LogP contribution in [0.5, 0.6) is 5.75 Å². The van der Waals surface area contributed by atoms with Crippen molar-refractivity contribution in [1.29, 1.82) is 0 Å². The Morgan fingerprint density at radius 2 is 1.94 bits per heavy atom. The number of phenols is 1. The molecule has 0 aliphatic heterocycles. The molecule has 1 aromatic rings. The van der Waals surface area contributed by atoms with E-state index in [0.29, 0.717) is 12.1 Å². The van der Waals surface area contributed by atoms with Crippen LogP contribution in [0.2, 0.25) is 0 Å². The van der Waals surface area contributed by atoms with Crippen LogP contribution in [0.3, 0.4) is 0 Å². The minimum absolute atomic E-state index is 0. The van der Waals surface area contributed by atoms with Gasteiger partial charge in [0.25, 0.3) is 0 Å². The van der Waals surface area contributed by atoms with E-state index in [1.54, 1.807) is 19.1 Å². The minimum atomic E-state index is -0.855. The average molecular weight is 259 g/mol. The summed E-state index contributed by atoms with van der Waals surface area (Å²) in [5, 5.41) is 11.8. The molecule has 17 heavy (non-hydrogen) atoms. The third-order valence-electron chi connectivity index (χ3n) is 2.41. The number of nitrogens with two attached hydrogens (primary N) is 1. The number of carbonyl (C=O) groups is 1. The molecule has 0 saturated carbocycles. The summed E-state index contributed by atoms with van der Waals surface area (Å²) < 4.78 is 0. The van der Waals surface area contributed by atoms with Gasteiger partial charge >= 0.3 is 0 Å². The second kappa shape index (κ2) is 6.47. The topological polar surface area (TPSA) is 75.4 Å². The third kappa shape index (κ3) is 4.63. The molecule has 5 heteroatoms. The van der Waals surface area contributed by atoms with E-state index in [1.807, 2.05) is 6.92 Å². The Labute approximate surface area is 108 Å². The normalized spacial score (nSPS) is 13.4. The first-order valence-corrected chi connectivity index (χ1v) is 5.35. The van der Waals surface area contributed by atoms with E-state index in [-0.39, 0.29) is 24.1 Å². The summed E-state index contributed by atoms with van der Waals surface area (Å²) in [4.78, 5) is 11.8. The zero-order chi connectivity index (χ0) is 12.2. The number of halogens is 1. The SMILES string of the molecule is CCCC(C)(N)C(=O)Nc1ccc(O)cc1.Cl. The lowest BCUT2D eigenvalue weighted by atomic mass is 9.96. The summed E-state index contributed by atoms with van der Waals surface area (Å²) in [6.45, 7) is 3.70. The van der Waals surface area contributed by atoms with E-state index in [0.717, 1.165) is 6.42 Å². The van der Waals surface area contributed by atoms with E-state index in [1.165, 1.54) is 12.1 Å². The molecule has 1 amide bonds. The average Bonchev–Trinajstić information content (AvgIpc) is 2.21. The molecule has 0 heterocycles. The van der Waals surface area contributed by atoms with Crippen molar-refractivity contribution in [3.8, 4) is 5.75 Å². The van der Waals surface area contributed by atoms with Crippen molar-refractivity contribution in [3.63, 3.8) is 0 Å². The third-order valence-corrected chi connectivity index (χ3v) is 2.41. The summed E-state index contributed by atoms with van der Waals surface area (Å²) in [7, 11) is 0. The van der Waals surface area contributed by atoms with Crippen molar-refractivity contribution in [2.24, 2.45) is 5.73 Å². The van der Waals surface area contributed by atoms with Gasteiger partial charge in [0, 0.05) is 5.69 Å². The summed E-state index contributed by atoms with van der Waals surface area (Å²) >= 11 is 0. The Morgan fingerprint density at radius 3 is 2.41 bits per heavy atom. The molecule has 1 unspecified atom stereocenters. The first-order chi connectivity index (χ1) is 7.45. The smallest absolute Gasteiger partial charge is 0.244 e. The lowest BCUT2D eigenvalue weighted by Crippen LogP contribution is -2.48. The first kappa shape index (κ1) is 15.7. The number of hydrogen-bond acceptors (Lipinski definition) is 3. The van der Waals surface area contributed by atoms with Gasteiger partial charge in [0.1, 0.15) is 5.75 Å². The van der Waals surface area contributed by atoms with Gasteiger partial charge in [-0.2, -0.15) is 0 Å². The molecule has 1 atom stereocenters. The number of hydrogen-bond donors (Lipinski definition) is 3. The fourth-order valence-corrected chi connectivity index (χ4v) is 1.45. The molecule has 1 aromatic carbocycles. The number of nitrogens with one attached hydrogen (secondary N) is 1. The molecule has 4 N–H and O–H groups in total. The molecule has 0 aliphatic carbocycles. The summed E-state index contributed by atoms with van der Waals surface area (Å²) in [6.07, 6.45) is 1.49. The van der Waals surface area contributed by atoms with Gasteiger partial charge in [-0.3, -0.25) is 4.79 Å². The van der Waals surface area contributed by atoms with Crippen molar-refractivity contribution in [2.75, 3.05) is 5.32 Å². The molecular weight excluding hydrogens is 240 g/mol. The molecule has 0 radical (unpaired) electrons. The Bertz CT molecular complexity index is 363. The predicted molar refractivity (Wildman–Crippen MR) is 71.5 cm³/mol. The van der Waals surface area contributed by atoms with E-state index < -0.39 is 5.54 Å². The summed E-state index contributed by atoms with van der Waals surface area (Å²) in [5.74, 6) is -0.0397. The minimum Gasteiger partial charge on any atom is -0.508 e. The highest BCUT2D eigenvalue weighted by Crippen LogP contribution is 2.16. The highest BCUT2D eigenvalue weighted by molar-refractivity contribution is 5.97. The van der Waals surface area contributed by atoms with E-state index >= 15 is 0 Å². The Kier molecular flexibility index (Phi) is 5.99. The zero-order valence-corrected chi connectivity index (χ0v) is 10.9. The van der Waals surface area contributed by atoms with Gasteiger partial charge in [0.05, 0.1) is 5.54 Å². The maximum atomic E-state index is 11.8. The van der Waals surface area contributed by atoms with E-state index in [9.17, 15) is 4.79 Å². The standard InChI is InChI=1S/C12H18N2O2.ClH/c1-3-8-12(2,13)11(16)14-9-4-6-10(15)7-5-9;/h4-7,15H,3,8,13H2,1-2H3,(H,14,16);1H. The van der Waals surface area contributed by atoms with Crippen LogP contribution in [0.15, 0.2) is 24.3 Å². The zero-order valence-electron chi connectivity index (χ0n) is 10.1. The second-order valence-corrected chi connectivity index (χ2v) is 4.17. The summed E-state index contributed by atoms with van der Waals surface area (Å²) in [6, 6.07) is 6.30. The molecule has 4 nitrogen and oxygen atoms in total. The van der Waals surface area contributed by atoms with Crippen molar-refractivity contribution in [2.45, 2.75) is 32.2 Å². The fraction of sp³-hybridized carbons (Fsp3) is 0.417. The molecular formula is C12H19ClN2O2. The lowest BCUT2D eigenvalue weighted by molar-refractivity contribution is -0.120. The molecule has 0 fully saturated rings. The van der Waals surface area contributed by atoms with Crippen molar-refractivity contribution in [3.05, 3.63) is 24.3 Å². The summed E-state index contributed by atoms with van der Waals surface area (Å²) in [5.41, 5.74) is 5.67. The highest BCUT2D eigenvalue weighted by atomic mass is 35.5. The van der Waals surface area contributed by atoms with Crippen molar-refractivity contribution in [1.82, 2.24) is 0 Å². The van der Waals surface area contributed by atoms with Gasteiger partial charge < -0.3 is 16.2 Å². The molecule has 0 aliphatic rings. The monoisotopic (exact) mass is 258 g/mol. The highest BCUT2D eigenvalue weighted by Gasteiger charge is 2.26. The van der Waals surface area contributed by atoms with Crippen LogP contribution in [0.1, 0.15) is 26.7 Å². The Morgan fingerprint density at radius 1 is 1.41 bits per heavy atom. The largest absolute Gasteiger partial charge is 0.508 e. The second-order valence-electron chi connectivity index (χ2n) is 4.17. The van der Waals surface area contributed by atoms with Crippen LogP contribution < -0.4 is 11.1 Å². The van der Waals surface area contributed by atoms with E-state index in [4.69, 9.17) is 10.8 Å². The van der Waals surface area contributed by atoms with Gasteiger partial charge in [-0.15, -0.1) is 12.4 Å². The van der Waals surface area contributed by atoms with Gasteiger partial charge in [0.2, 0.25) is 5.91 Å². The Balaban J connectivity index is 0.00000256. The van der Waals surface area contributed by atoms with Crippen LogP contribution >= 0.6 is 12.4 Å². The van der Waals surface area contributed by atoms with Crippen LogP contribution in [0.25, 0.3) is 0 Å². The lowest BCUT2D eigenvalue weighted by Gasteiger charge is -2.22. The van der Waals surface area contributed by atoms with Crippen molar-refractivity contribution >= 4 is 24.0 Å². The van der Waals surface area contributed by atoms with Crippen LogP contribution in [0, 0.1) is 0 Å². The number of carbonyl (C=O) groups excluding carboxylic acids is 1. The predicted octanol–water partition coefficient (Wildman–Crippen LogP) is 2.27. The van der Waals surface area contributed by atoms with Gasteiger partial charge in [-0.25, -0.2) is 0 Å². The molecule has 96 valence electrons. The van der Waals surface area contributed by atoms with Crippen LogP contribution in [0.4, 0.5) is 5.69 Å². The van der Waals surface area contributed by atoms with Gasteiger partial charge in [-0.05, 0) is 37.6 Å². The molecule has 0 bridgehead atoms. The van der Waals surface area contributed by atoms with Crippen LogP contribution in [-0.4, -0.2) is 16.6 Å². The van der Waals surface area contributed by atoms with Gasteiger partial charge in [0.15, 0.2) is 0 Å². The maximum Gasteiger partial charge on any atom is 0.244 e. The molecule has 0 saturated heterocycles. The fourth-order valence-electron chi connectivity index (χ4n) is 1.45. The quantitative estimate of drug-likeness (QED) is 0.725. The van der Waals surface area contributed by atoms with Gasteiger partial charge in [-0.1, -0.05) is 13.3 Å². The Hall–Kier alpha value is -1.26. The number of amides is 1.